The second kappa shape index (κ2) is 3.61. The molecule has 82 valence electrons. The first kappa shape index (κ1) is 11.2. The van der Waals surface area contributed by atoms with Gasteiger partial charge in [-0.3, -0.25) is 0 Å². The molecule has 0 bridgehead atoms. The lowest BCUT2D eigenvalue weighted by molar-refractivity contribution is 0.588. The third-order valence-electron chi connectivity index (χ3n) is 2.33. The van der Waals surface area contributed by atoms with Gasteiger partial charge in [0.25, 0.3) is 0 Å². The number of pyridine rings is 1. The molecule has 1 heterocycles. The molecule has 1 aromatic rings. The van der Waals surface area contributed by atoms with Crippen molar-refractivity contribution in [2.45, 2.75) is 15.8 Å². The first-order valence-corrected chi connectivity index (χ1v) is 6.84. The number of hydrogen-bond acceptors (Lipinski definition) is 3. The highest BCUT2D eigenvalue weighted by Crippen LogP contribution is 2.53. The van der Waals surface area contributed by atoms with E-state index in [9.17, 15) is 8.42 Å². The van der Waals surface area contributed by atoms with Gasteiger partial charge in [-0.2, -0.15) is 0 Å². The Bertz CT molecular complexity index is 458. The highest BCUT2D eigenvalue weighted by atomic mass is 35.5. The van der Waals surface area contributed by atoms with Gasteiger partial charge in [-0.1, -0.05) is 6.07 Å². The number of halogens is 2. The van der Waals surface area contributed by atoms with E-state index in [1.54, 1.807) is 12.1 Å². The maximum absolute atomic E-state index is 11.8. The number of alkyl halides is 2. The lowest BCUT2D eigenvalue weighted by atomic mass is 10.5. The van der Waals surface area contributed by atoms with Crippen LogP contribution in [0.25, 0.3) is 0 Å². The largest absolute Gasteiger partial charge is 0.245 e. The zero-order valence-electron chi connectivity index (χ0n) is 7.73. The van der Waals surface area contributed by atoms with Crippen LogP contribution in [-0.4, -0.2) is 23.5 Å². The molecule has 1 aromatic heterocycles. The Morgan fingerprint density at radius 3 is 2.60 bits per heavy atom. The molecule has 1 aliphatic rings. The number of hydrogen-bond donors (Lipinski definition) is 0. The van der Waals surface area contributed by atoms with E-state index in [2.05, 4.69) is 4.98 Å². The van der Waals surface area contributed by atoms with Crippen molar-refractivity contribution >= 4 is 33.0 Å². The third kappa shape index (κ3) is 2.44. The van der Waals surface area contributed by atoms with Gasteiger partial charge in [0.2, 0.25) is 0 Å². The molecule has 0 spiro atoms. The minimum absolute atomic E-state index is 0.0307. The molecule has 0 radical (unpaired) electrons. The third-order valence-corrected chi connectivity index (χ3v) is 4.98. The highest BCUT2D eigenvalue weighted by Gasteiger charge is 2.53. The van der Waals surface area contributed by atoms with Gasteiger partial charge in [0, 0.05) is 12.1 Å². The molecule has 15 heavy (non-hydrogen) atoms. The molecule has 1 atom stereocenters. The van der Waals surface area contributed by atoms with Crippen molar-refractivity contribution in [3.8, 4) is 0 Å². The molecule has 0 saturated heterocycles. The SMILES string of the molecule is O=S(=O)(CC1CC1(Cl)Cl)c1ccccn1. The molecule has 1 fully saturated rings. The quantitative estimate of drug-likeness (QED) is 0.786. The van der Waals surface area contributed by atoms with Crippen LogP contribution < -0.4 is 0 Å². The summed E-state index contributed by atoms with van der Waals surface area (Å²) in [5.41, 5.74) is 0. The van der Waals surface area contributed by atoms with E-state index in [4.69, 9.17) is 23.2 Å². The number of aromatic nitrogens is 1. The van der Waals surface area contributed by atoms with E-state index < -0.39 is 14.2 Å². The van der Waals surface area contributed by atoms with Gasteiger partial charge < -0.3 is 0 Å². The smallest absolute Gasteiger partial charge is 0.195 e. The zero-order chi connectivity index (χ0) is 11.1. The fourth-order valence-electron chi connectivity index (χ4n) is 1.33. The Balaban J connectivity index is 2.16. The van der Waals surface area contributed by atoms with Crippen LogP contribution in [0, 0.1) is 5.92 Å². The summed E-state index contributed by atoms with van der Waals surface area (Å²) in [6, 6.07) is 4.78. The van der Waals surface area contributed by atoms with Crippen molar-refractivity contribution in [3.63, 3.8) is 0 Å². The van der Waals surface area contributed by atoms with Crippen molar-refractivity contribution in [2.24, 2.45) is 5.92 Å². The Hall–Kier alpha value is -0.320. The molecule has 0 N–H and O–H groups in total. The molecule has 0 aromatic carbocycles. The number of rotatable bonds is 3. The van der Waals surface area contributed by atoms with Crippen molar-refractivity contribution < 1.29 is 8.42 Å². The Labute approximate surface area is 98.3 Å². The standard InChI is InChI=1S/C9H9Cl2NO2S/c10-9(11)5-7(9)6-15(13,14)8-3-1-2-4-12-8/h1-4,7H,5-6H2. The van der Waals surface area contributed by atoms with Crippen LogP contribution in [0.1, 0.15) is 6.42 Å². The first-order chi connectivity index (χ1) is 6.92. The lowest BCUT2D eigenvalue weighted by Crippen LogP contribution is -2.12. The summed E-state index contributed by atoms with van der Waals surface area (Å²) in [6.07, 6.45) is 1.98. The Morgan fingerprint density at radius 1 is 1.47 bits per heavy atom. The molecule has 0 amide bonds. The fraction of sp³-hybridized carbons (Fsp3) is 0.444. The van der Waals surface area contributed by atoms with Gasteiger partial charge >= 0.3 is 0 Å². The topological polar surface area (TPSA) is 47.0 Å². The van der Waals surface area contributed by atoms with Crippen LogP contribution in [0.3, 0.4) is 0 Å². The monoisotopic (exact) mass is 265 g/mol. The second-order valence-corrected chi connectivity index (χ2v) is 7.13. The van der Waals surface area contributed by atoms with E-state index in [1.165, 1.54) is 12.3 Å². The first-order valence-electron chi connectivity index (χ1n) is 4.43. The van der Waals surface area contributed by atoms with Gasteiger partial charge in [0.15, 0.2) is 14.9 Å². The predicted molar refractivity (Wildman–Crippen MR) is 58.8 cm³/mol. The van der Waals surface area contributed by atoms with E-state index in [0.717, 1.165) is 0 Å². The molecule has 6 heteroatoms. The molecule has 1 aliphatic carbocycles. The van der Waals surface area contributed by atoms with Crippen LogP contribution in [0.4, 0.5) is 0 Å². The summed E-state index contributed by atoms with van der Waals surface area (Å²) in [5, 5.41) is 0.0843. The molecule has 2 rings (SSSR count). The van der Waals surface area contributed by atoms with Gasteiger partial charge in [-0.25, -0.2) is 13.4 Å². The summed E-state index contributed by atoms with van der Waals surface area (Å²) < 4.78 is 22.7. The predicted octanol–water partition coefficient (Wildman–Crippen LogP) is 2.05. The van der Waals surface area contributed by atoms with Crippen LogP contribution in [0.2, 0.25) is 0 Å². The summed E-state index contributed by atoms with van der Waals surface area (Å²) >= 11 is 11.6. The molecular formula is C9H9Cl2NO2S. The summed E-state index contributed by atoms with van der Waals surface area (Å²) in [6.45, 7) is 0. The summed E-state index contributed by atoms with van der Waals surface area (Å²) in [7, 11) is -3.35. The highest BCUT2D eigenvalue weighted by molar-refractivity contribution is 7.91. The minimum atomic E-state index is -3.35. The normalized spacial score (nSPS) is 23.7. The van der Waals surface area contributed by atoms with Crippen molar-refractivity contribution in [3.05, 3.63) is 24.4 Å². The van der Waals surface area contributed by atoms with Crippen molar-refractivity contribution in [2.75, 3.05) is 5.75 Å². The average Bonchev–Trinajstić information content (AvgIpc) is 2.74. The maximum atomic E-state index is 11.8. The summed E-state index contributed by atoms with van der Waals surface area (Å²) in [4.78, 5) is 3.80. The van der Waals surface area contributed by atoms with E-state index in [0.29, 0.717) is 6.42 Å². The van der Waals surface area contributed by atoms with Gasteiger partial charge in [-0.15, -0.1) is 23.2 Å². The van der Waals surface area contributed by atoms with E-state index in [1.807, 2.05) is 0 Å². The Morgan fingerprint density at radius 2 is 2.13 bits per heavy atom. The van der Waals surface area contributed by atoms with Crippen LogP contribution >= 0.6 is 23.2 Å². The van der Waals surface area contributed by atoms with E-state index in [-0.39, 0.29) is 16.7 Å². The molecule has 1 saturated carbocycles. The van der Waals surface area contributed by atoms with Crippen molar-refractivity contribution in [1.29, 1.82) is 0 Å². The minimum Gasteiger partial charge on any atom is -0.245 e. The Kier molecular flexibility index (Phi) is 2.69. The van der Waals surface area contributed by atoms with Crippen LogP contribution in [0.5, 0.6) is 0 Å². The molecule has 3 nitrogen and oxygen atoms in total. The van der Waals surface area contributed by atoms with Gasteiger partial charge in [0.05, 0.1) is 5.75 Å². The van der Waals surface area contributed by atoms with Crippen LogP contribution in [-0.2, 0) is 9.84 Å². The maximum Gasteiger partial charge on any atom is 0.195 e. The molecular weight excluding hydrogens is 257 g/mol. The number of sulfone groups is 1. The fourth-order valence-corrected chi connectivity index (χ4v) is 3.65. The molecule has 0 aliphatic heterocycles. The zero-order valence-corrected chi connectivity index (χ0v) is 10.1. The van der Waals surface area contributed by atoms with Crippen molar-refractivity contribution in [1.82, 2.24) is 4.98 Å². The second-order valence-electron chi connectivity index (χ2n) is 3.61. The lowest BCUT2D eigenvalue weighted by Gasteiger charge is -2.02. The number of nitrogens with zero attached hydrogens (tertiary/aromatic N) is 1. The van der Waals surface area contributed by atoms with Crippen LogP contribution in [0.15, 0.2) is 29.4 Å². The van der Waals surface area contributed by atoms with E-state index >= 15 is 0 Å². The summed E-state index contributed by atoms with van der Waals surface area (Å²) in [5.74, 6) is -0.204. The van der Waals surface area contributed by atoms with Gasteiger partial charge in [-0.05, 0) is 18.6 Å². The molecule has 1 unspecified atom stereocenters. The average molecular weight is 266 g/mol. The van der Waals surface area contributed by atoms with Gasteiger partial charge in [0.1, 0.15) is 4.33 Å².